The minimum atomic E-state index is -4.53. The van der Waals surface area contributed by atoms with Crippen molar-refractivity contribution < 1.29 is 17.9 Å². The highest BCUT2D eigenvalue weighted by atomic mass is 19.4. The molecule has 0 unspecified atom stereocenters. The Labute approximate surface area is 126 Å². The van der Waals surface area contributed by atoms with E-state index >= 15 is 0 Å². The van der Waals surface area contributed by atoms with Crippen molar-refractivity contribution in [1.82, 2.24) is 9.88 Å². The van der Waals surface area contributed by atoms with E-state index in [1.807, 2.05) is 30.3 Å². The van der Waals surface area contributed by atoms with Crippen molar-refractivity contribution in [2.45, 2.75) is 31.9 Å². The van der Waals surface area contributed by atoms with E-state index < -0.39 is 12.5 Å². The summed E-state index contributed by atoms with van der Waals surface area (Å²) in [4.78, 5) is 6.49. The number of nitrogens with zero attached hydrogens (tertiary/aromatic N) is 2. The van der Waals surface area contributed by atoms with Gasteiger partial charge in [0.1, 0.15) is 0 Å². The number of rotatable bonds is 3. The average molecular weight is 310 g/mol. The molecule has 0 N–H and O–H groups in total. The smallest absolute Gasteiger partial charge is 0.299 e. The molecule has 2 aromatic rings. The Bertz CT molecular complexity index is 631. The van der Waals surface area contributed by atoms with Crippen molar-refractivity contribution in [2.75, 3.05) is 13.1 Å². The second-order valence-electron chi connectivity index (χ2n) is 5.53. The van der Waals surface area contributed by atoms with Crippen LogP contribution in [0, 0.1) is 0 Å². The quantitative estimate of drug-likeness (QED) is 0.863. The maximum absolute atomic E-state index is 12.2. The van der Waals surface area contributed by atoms with E-state index in [1.54, 1.807) is 6.20 Å². The van der Waals surface area contributed by atoms with Crippen LogP contribution < -0.4 is 0 Å². The van der Waals surface area contributed by atoms with Gasteiger partial charge in [0.2, 0.25) is 0 Å². The van der Waals surface area contributed by atoms with Crippen molar-refractivity contribution in [3.05, 3.63) is 42.1 Å². The van der Waals surface area contributed by atoms with E-state index in [2.05, 4.69) is 14.6 Å². The number of likely N-dealkylation sites (tertiary alicyclic amines) is 1. The molecule has 1 aliphatic rings. The van der Waals surface area contributed by atoms with Crippen LogP contribution in [0.5, 0.6) is 0 Å². The monoisotopic (exact) mass is 310 g/mol. The molecular weight excluding hydrogens is 293 g/mol. The topological polar surface area (TPSA) is 25.4 Å². The zero-order chi connectivity index (χ0) is 15.6. The SMILES string of the molecule is FC(F)(F)OC1CCN(Cc2ccnc3ccccc23)CC1. The van der Waals surface area contributed by atoms with E-state index in [9.17, 15) is 13.2 Å². The molecule has 1 aliphatic heterocycles. The first kappa shape index (κ1) is 15.2. The molecule has 118 valence electrons. The summed E-state index contributed by atoms with van der Waals surface area (Å²) in [6, 6.07) is 9.87. The number of aromatic nitrogens is 1. The summed E-state index contributed by atoms with van der Waals surface area (Å²) in [5.74, 6) is 0. The molecule has 3 rings (SSSR count). The molecule has 0 amide bonds. The van der Waals surface area contributed by atoms with Gasteiger partial charge in [-0.25, -0.2) is 0 Å². The van der Waals surface area contributed by atoms with Gasteiger partial charge in [0.15, 0.2) is 0 Å². The number of benzene rings is 1. The maximum Gasteiger partial charge on any atom is 0.522 e. The van der Waals surface area contributed by atoms with Crippen molar-refractivity contribution in [3.63, 3.8) is 0 Å². The highest BCUT2D eigenvalue weighted by molar-refractivity contribution is 5.81. The number of hydrogen-bond donors (Lipinski definition) is 0. The van der Waals surface area contributed by atoms with Crippen molar-refractivity contribution in [2.24, 2.45) is 0 Å². The lowest BCUT2D eigenvalue weighted by atomic mass is 10.0. The summed E-state index contributed by atoms with van der Waals surface area (Å²) in [6.07, 6.45) is -2.67. The number of hydrogen-bond acceptors (Lipinski definition) is 3. The van der Waals surface area contributed by atoms with Gasteiger partial charge in [0, 0.05) is 31.2 Å². The minimum absolute atomic E-state index is 0.405. The van der Waals surface area contributed by atoms with Crippen LogP contribution in [0.3, 0.4) is 0 Å². The zero-order valence-electron chi connectivity index (χ0n) is 12.0. The van der Waals surface area contributed by atoms with Crippen LogP contribution >= 0.6 is 0 Å². The van der Waals surface area contributed by atoms with E-state index in [1.165, 1.54) is 0 Å². The molecule has 2 heterocycles. The highest BCUT2D eigenvalue weighted by Crippen LogP contribution is 2.26. The number of fused-ring (bicyclic) bond motifs is 1. The van der Waals surface area contributed by atoms with Gasteiger partial charge in [-0.2, -0.15) is 0 Å². The number of ether oxygens (including phenoxy) is 1. The largest absolute Gasteiger partial charge is 0.522 e. The van der Waals surface area contributed by atoms with E-state index in [0.717, 1.165) is 23.0 Å². The lowest BCUT2D eigenvalue weighted by Crippen LogP contribution is -2.38. The number of pyridine rings is 1. The van der Waals surface area contributed by atoms with Crippen molar-refractivity contribution >= 4 is 10.9 Å². The van der Waals surface area contributed by atoms with Crippen LogP contribution in [0.1, 0.15) is 18.4 Å². The summed E-state index contributed by atoms with van der Waals surface area (Å²) in [5.41, 5.74) is 2.09. The highest BCUT2D eigenvalue weighted by Gasteiger charge is 2.34. The van der Waals surface area contributed by atoms with Crippen LogP contribution in [0.4, 0.5) is 13.2 Å². The summed E-state index contributed by atoms with van der Waals surface area (Å²) >= 11 is 0. The first-order valence-electron chi connectivity index (χ1n) is 7.31. The molecule has 22 heavy (non-hydrogen) atoms. The molecule has 1 saturated heterocycles. The molecule has 0 spiro atoms. The Morgan fingerprint density at radius 1 is 1.14 bits per heavy atom. The van der Waals surface area contributed by atoms with Gasteiger partial charge in [0.25, 0.3) is 0 Å². The third-order valence-corrected chi connectivity index (χ3v) is 3.97. The van der Waals surface area contributed by atoms with Crippen molar-refractivity contribution in [1.29, 1.82) is 0 Å². The summed E-state index contributed by atoms with van der Waals surface area (Å²) < 4.78 is 40.8. The van der Waals surface area contributed by atoms with E-state index in [-0.39, 0.29) is 0 Å². The van der Waals surface area contributed by atoms with E-state index in [0.29, 0.717) is 25.9 Å². The van der Waals surface area contributed by atoms with E-state index in [4.69, 9.17) is 0 Å². The molecule has 0 bridgehead atoms. The van der Waals surface area contributed by atoms with Crippen LogP contribution in [-0.2, 0) is 11.3 Å². The molecule has 0 saturated carbocycles. The maximum atomic E-state index is 12.2. The van der Waals surface area contributed by atoms with Crippen LogP contribution in [0.2, 0.25) is 0 Å². The number of piperidine rings is 1. The summed E-state index contributed by atoms with van der Waals surface area (Å²) in [5, 5.41) is 1.10. The number of halogens is 3. The van der Waals surface area contributed by atoms with Gasteiger partial charge in [0.05, 0.1) is 11.6 Å². The second kappa shape index (κ2) is 6.22. The van der Waals surface area contributed by atoms with Gasteiger partial charge in [-0.05, 0) is 30.5 Å². The molecular formula is C16H17F3N2O. The second-order valence-corrected chi connectivity index (χ2v) is 5.53. The van der Waals surface area contributed by atoms with Gasteiger partial charge >= 0.3 is 6.36 Å². The average Bonchev–Trinajstić information content (AvgIpc) is 2.48. The lowest BCUT2D eigenvalue weighted by molar-refractivity contribution is -0.345. The Balaban J connectivity index is 1.63. The third-order valence-electron chi connectivity index (χ3n) is 3.97. The molecule has 1 aromatic carbocycles. The fraction of sp³-hybridized carbons (Fsp3) is 0.438. The molecule has 0 radical (unpaired) electrons. The number of para-hydroxylation sites is 1. The first-order valence-corrected chi connectivity index (χ1v) is 7.31. The third kappa shape index (κ3) is 3.75. The summed E-state index contributed by atoms with van der Waals surface area (Å²) in [6.45, 7) is 1.94. The van der Waals surface area contributed by atoms with Crippen LogP contribution in [-0.4, -0.2) is 35.4 Å². The molecule has 3 nitrogen and oxygen atoms in total. The normalized spacial score (nSPS) is 18.0. The fourth-order valence-corrected chi connectivity index (χ4v) is 2.91. The molecule has 1 fully saturated rings. The Kier molecular flexibility index (Phi) is 4.31. The standard InChI is InChI=1S/C16H17F3N2O/c17-16(18,19)22-13-6-9-21(10-7-13)11-12-5-8-20-15-4-2-1-3-14(12)15/h1-5,8,13H,6-7,9-11H2. The molecule has 0 aliphatic carbocycles. The first-order chi connectivity index (χ1) is 10.5. The molecule has 1 aromatic heterocycles. The lowest BCUT2D eigenvalue weighted by Gasteiger charge is -2.32. The Morgan fingerprint density at radius 3 is 2.59 bits per heavy atom. The molecule has 6 heteroatoms. The van der Waals surface area contributed by atoms with Gasteiger partial charge in [-0.3, -0.25) is 14.6 Å². The van der Waals surface area contributed by atoms with Crippen molar-refractivity contribution in [3.8, 4) is 0 Å². The Morgan fingerprint density at radius 2 is 1.86 bits per heavy atom. The number of alkyl halides is 3. The van der Waals surface area contributed by atoms with Gasteiger partial charge in [-0.1, -0.05) is 18.2 Å². The zero-order valence-corrected chi connectivity index (χ0v) is 12.0. The predicted molar refractivity (Wildman–Crippen MR) is 77.2 cm³/mol. The Hall–Kier alpha value is -1.66. The summed E-state index contributed by atoms with van der Waals surface area (Å²) in [7, 11) is 0. The fourth-order valence-electron chi connectivity index (χ4n) is 2.91. The van der Waals surface area contributed by atoms with Crippen LogP contribution in [0.15, 0.2) is 36.5 Å². The van der Waals surface area contributed by atoms with Gasteiger partial charge < -0.3 is 0 Å². The molecule has 0 atom stereocenters. The predicted octanol–water partition coefficient (Wildman–Crippen LogP) is 3.74. The van der Waals surface area contributed by atoms with Gasteiger partial charge in [-0.15, -0.1) is 13.2 Å². The minimum Gasteiger partial charge on any atom is -0.299 e. The van der Waals surface area contributed by atoms with Crippen LogP contribution in [0.25, 0.3) is 10.9 Å².